The van der Waals surface area contributed by atoms with E-state index in [0.717, 1.165) is 6.07 Å². The molecule has 0 heterocycles. The number of halogens is 3. The Morgan fingerprint density at radius 2 is 1.73 bits per heavy atom. The van der Waals surface area contributed by atoms with Gasteiger partial charge < -0.3 is 5.11 Å². The van der Waals surface area contributed by atoms with Crippen LogP contribution in [0.1, 0.15) is 10.4 Å². The van der Waals surface area contributed by atoms with Crippen LogP contribution in [0.25, 0.3) is 0 Å². The largest absolute Gasteiger partial charge is 0.478 e. The van der Waals surface area contributed by atoms with Crippen LogP contribution in [0.5, 0.6) is 0 Å². The molecule has 0 amide bonds. The van der Waals surface area contributed by atoms with E-state index in [9.17, 15) is 22.0 Å². The van der Waals surface area contributed by atoms with Crippen LogP contribution < -0.4 is 4.72 Å². The molecular formula is C13H8BrF2NO4S. The Kier molecular flexibility index (Phi) is 4.47. The number of benzene rings is 2. The number of hydrogen-bond donors (Lipinski definition) is 2. The van der Waals surface area contributed by atoms with Gasteiger partial charge in [0, 0.05) is 16.2 Å². The Bertz CT molecular complexity index is 815. The number of aromatic carboxylic acids is 1. The quantitative estimate of drug-likeness (QED) is 0.837. The first-order valence-electron chi connectivity index (χ1n) is 5.71. The molecule has 0 atom stereocenters. The summed E-state index contributed by atoms with van der Waals surface area (Å²) in [5.74, 6) is -3.34. The van der Waals surface area contributed by atoms with Crippen molar-refractivity contribution >= 4 is 37.6 Å². The minimum atomic E-state index is -4.31. The van der Waals surface area contributed by atoms with E-state index in [4.69, 9.17) is 5.11 Å². The molecule has 0 bridgehead atoms. The molecule has 2 N–H and O–H groups in total. The summed E-state index contributed by atoms with van der Waals surface area (Å²) < 4.78 is 52.8. The molecule has 116 valence electrons. The molecule has 0 saturated heterocycles. The van der Waals surface area contributed by atoms with Gasteiger partial charge in [0.2, 0.25) is 0 Å². The van der Waals surface area contributed by atoms with Crippen LogP contribution in [0.4, 0.5) is 14.5 Å². The molecule has 0 fully saturated rings. The van der Waals surface area contributed by atoms with Crippen LogP contribution >= 0.6 is 15.9 Å². The van der Waals surface area contributed by atoms with Gasteiger partial charge in [-0.15, -0.1) is 0 Å². The maximum atomic E-state index is 13.7. The predicted octanol–water partition coefficient (Wildman–Crippen LogP) is 3.23. The van der Waals surface area contributed by atoms with Crippen molar-refractivity contribution in [1.82, 2.24) is 0 Å². The molecule has 0 aromatic heterocycles. The Labute approximate surface area is 132 Å². The van der Waals surface area contributed by atoms with Gasteiger partial charge >= 0.3 is 5.97 Å². The van der Waals surface area contributed by atoms with Crippen LogP contribution in [0.3, 0.4) is 0 Å². The van der Waals surface area contributed by atoms with E-state index >= 15 is 0 Å². The molecule has 0 unspecified atom stereocenters. The highest BCUT2D eigenvalue weighted by Crippen LogP contribution is 2.28. The summed E-state index contributed by atoms with van der Waals surface area (Å²) >= 11 is 2.80. The monoisotopic (exact) mass is 391 g/mol. The third-order valence-corrected chi connectivity index (χ3v) is 4.96. The molecule has 5 nitrogen and oxygen atoms in total. The number of hydrogen-bond acceptors (Lipinski definition) is 3. The fraction of sp³-hybridized carbons (Fsp3) is 0. The third-order valence-electron chi connectivity index (χ3n) is 2.62. The van der Waals surface area contributed by atoms with Crippen molar-refractivity contribution in [3.05, 3.63) is 58.1 Å². The van der Waals surface area contributed by atoms with Crippen molar-refractivity contribution in [2.75, 3.05) is 4.72 Å². The van der Waals surface area contributed by atoms with Crippen molar-refractivity contribution in [3.8, 4) is 0 Å². The number of rotatable bonds is 4. The number of sulfonamides is 1. The Hall–Kier alpha value is -2.00. The lowest BCUT2D eigenvalue weighted by molar-refractivity contribution is 0.0697. The summed E-state index contributed by atoms with van der Waals surface area (Å²) in [5.41, 5.74) is 0.0118. The van der Waals surface area contributed by atoms with Crippen molar-refractivity contribution in [3.63, 3.8) is 0 Å². The van der Waals surface area contributed by atoms with Gasteiger partial charge in [-0.3, -0.25) is 4.72 Å². The molecule has 0 saturated carbocycles. The van der Waals surface area contributed by atoms with E-state index in [1.807, 2.05) is 0 Å². The van der Waals surface area contributed by atoms with Gasteiger partial charge in [0.05, 0.1) is 5.56 Å². The highest BCUT2D eigenvalue weighted by atomic mass is 79.9. The lowest BCUT2D eigenvalue weighted by Crippen LogP contribution is -2.15. The Morgan fingerprint density at radius 1 is 1.14 bits per heavy atom. The van der Waals surface area contributed by atoms with E-state index in [0.29, 0.717) is 6.07 Å². The molecule has 2 aromatic carbocycles. The zero-order valence-electron chi connectivity index (χ0n) is 10.7. The maximum Gasteiger partial charge on any atom is 0.335 e. The van der Waals surface area contributed by atoms with E-state index in [-0.39, 0.29) is 15.7 Å². The van der Waals surface area contributed by atoms with Gasteiger partial charge in [-0.25, -0.2) is 22.0 Å². The number of nitrogens with one attached hydrogen (secondary N) is 1. The van der Waals surface area contributed by atoms with Gasteiger partial charge in [-0.1, -0.05) is 0 Å². The number of carboxylic acid groups (broad SMARTS) is 1. The lowest BCUT2D eigenvalue weighted by atomic mass is 10.2. The highest BCUT2D eigenvalue weighted by molar-refractivity contribution is 9.10. The van der Waals surface area contributed by atoms with Crippen molar-refractivity contribution in [2.45, 2.75) is 4.90 Å². The zero-order valence-corrected chi connectivity index (χ0v) is 13.1. The normalized spacial score (nSPS) is 11.2. The molecule has 0 aliphatic heterocycles. The first kappa shape index (κ1) is 16.4. The van der Waals surface area contributed by atoms with Gasteiger partial charge in [0.25, 0.3) is 10.0 Å². The predicted molar refractivity (Wildman–Crippen MR) is 78.3 cm³/mol. The van der Waals surface area contributed by atoms with Crippen molar-refractivity contribution in [2.24, 2.45) is 0 Å². The summed E-state index contributed by atoms with van der Waals surface area (Å²) in [7, 11) is -4.31. The molecule has 0 aliphatic rings. The summed E-state index contributed by atoms with van der Waals surface area (Å²) in [6, 6.07) is 6.09. The third kappa shape index (κ3) is 3.42. The smallest absolute Gasteiger partial charge is 0.335 e. The zero-order chi connectivity index (χ0) is 16.5. The van der Waals surface area contributed by atoms with Gasteiger partial charge in [0.1, 0.15) is 16.5 Å². The minimum absolute atomic E-state index is 0.0305. The second kappa shape index (κ2) is 6.01. The molecule has 22 heavy (non-hydrogen) atoms. The first-order chi connectivity index (χ1) is 10.2. The van der Waals surface area contributed by atoms with E-state index in [2.05, 4.69) is 20.7 Å². The Morgan fingerprint density at radius 3 is 2.23 bits per heavy atom. The van der Waals surface area contributed by atoms with Crippen molar-refractivity contribution in [1.29, 1.82) is 0 Å². The Balaban J connectivity index is 2.38. The van der Waals surface area contributed by atoms with Crippen molar-refractivity contribution < 1.29 is 27.1 Å². The molecule has 2 aromatic rings. The van der Waals surface area contributed by atoms with Gasteiger partial charge in [-0.05, 0) is 46.3 Å². The maximum absolute atomic E-state index is 13.7. The molecular weight excluding hydrogens is 384 g/mol. The molecule has 0 aliphatic carbocycles. The second-order valence-corrected chi connectivity index (χ2v) is 6.66. The van der Waals surface area contributed by atoms with Crippen LogP contribution in [-0.2, 0) is 10.0 Å². The number of anilines is 1. The summed E-state index contributed by atoms with van der Waals surface area (Å²) in [5, 5.41) is 8.76. The van der Waals surface area contributed by atoms with Gasteiger partial charge in [-0.2, -0.15) is 0 Å². The highest BCUT2D eigenvalue weighted by Gasteiger charge is 2.23. The SMILES string of the molecule is O=C(O)c1ccc(NS(=O)(=O)c2c(F)cc(F)cc2Br)cc1. The summed E-state index contributed by atoms with van der Waals surface area (Å²) in [4.78, 5) is 9.97. The molecule has 0 radical (unpaired) electrons. The summed E-state index contributed by atoms with van der Waals surface area (Å²) in [6.45, 7) is 0. The first-order valence-corrected chi connectivity index (χ1v) is 7.99. The van der Waals surface area contributed by atoms with Gasteiger partial charge in [0.15, 0.2) is 0 Å². The second-order valence-electron chi connectivity index (χ2n) is 4.19. The van der Waals surface area contributed by atoms with Crippen LogP contribution in [0, 0.1) is 11.6 Å². The summed E-state index contributed by atoms with van der Waals surface area (Å²) in [6.07, 6.45) is 0. The van der Waals surface area contributed by atoms with Crippen LogP contribution in [0.2, 0.25) is 0 Å². The molecule has 2 rings (SSSR count). The number of carboxylic acids is 1. The lowest BCUT2D eigenvalue weighted by Gasteiger charge is -2.11. The average molecular weight is 392 g/mol. The molecule has 0 spiro atoms. The number of carbonyl (C=O) groups is 1. The standard InChI is InChI=1S/C13H8BrF2NO4S/c14-10-5-8(15)6-11(16)12(10)22(20,21)17-9-3-1-7(2-4-9)13(18)19/h1-6,17H,(H,18,19). The average Bonchev–Trinajstić information content (AvgIpc) is 2.36. The van der Waals surface area contributed by atoms with Crippen LogP contribution in [-0.4, -0.2) is 19.5 Å². The topological polar surface area (TPSA) is 83.5 Å². The minimum Gasteiger partial charge on any atom is -0.478 e. The van der Waals surface area contributed by atoms with E-state index in [1.54, 1.807) is 0 Å². The fourth-order valence-corrected chi connectivity index (χ4v) is 3.90. The molecule has 9 heteroatoms. The van der Waals surface area contributed by atoms with Crippen LogP contribution in [0.15, 0.2) is 45.8 Å². The van der Waals surface area contributed by atoms with E-state index in [1.165, 1.54) is 24.3 Å². The fourth-order valence-electron chi connectivity index (χ4n) is 1.67. The van der Waals surface area contributed by atoms with E-state index < -0.39 is 32.5 Å².